The van der Waals surface area contributed by atoms with Gasteiger partial charge < -0.3 is 14.2 Å². The molecule has 2 atom stereocenters. The Labute approximate surface area is 169 Å². The standard InChI is InChI=1S/C23H27F3O3/c1-3-4-5-12-28-16-7-10-20(29-14-16)15-6-8-17(19(24)13-15)18-9-11-21(27-2)23(26)22(18)25/h6,8-9,11,13,16,20H,3-5,7,10,12,14H2,1-2H3. The fourth-order valence-corrected chi connectivity index (χ4v) is 3.57. The predicted octanol–water partition coefficient (Wildman–Crippen LogP) is 6.21. The van der Waals surface area contributed by atoms with Gasteiger partial charge in [-0.1, -0.05) is 31.9 Å². The van der Waals surface area contributed by atoms with Crippen molar-refractivity contribution in [1.29, 1.82) is 0 Å². The Morgan fingerprint density at radius 1 is 1.00 bits per heavy atom. The molecule has 0 amide bonds. The Morgan fingerprint density at radius 2 is 1.79 bits per heavy atom. The number of benzene rings is 2. The molecule has 158 valence electrons. The number of unbranched alkanes of at least 4 members (excludes halogenated alkanes) is 2. The first-order valence-electron chi connectivity index (χ1n) is 10.1. The van der Waals surface area contributed by atoms with Gasteiger partial charge in [0.1, 0.15) is 5.82 Å². The van der Waals surface area contributed by atoms with Crippen LogP contribution in [0.5, 0.6) is 5.75 Å². The summed E-state index contributed by atoms with van der Waals surface area (Å²) in [6, 6.07) is 7.10. The number of rotatable bonds is 8. The average Bonchev–Trinajstić information content (AvgIpc) is 2.74. The summed E-state index contributed by atoms with van der Waals surface area (Å²) < 4.78 is 59.4. The van der Waals surface area contributed by atoms with E-state index in [-0.39, 0.29) is 29.1 Å². The molecule has 0 bridgehead atoms. The molecule has 6 heteroatoms. The molecule has 3 nitrogen and oxygen atoms in total. The van der Waals surface area contributed by atoms with E-state index in [1.54, 1.807) is 6.07 Å². The zero-order valence-electron chi connectivity index (χ0n) is 16.8. The lowest BCUT2D eigenvalue weighted by atomic mass is 9.96. The highest BCUT2D eigenvalue weighted by Gasteiger charge is 2.25. The van der Waals surface area contributed by atoms with Crippen molar-refractivity contribution in [2.24, 2.45) is 0 Å². The summed E-state index contributed by atoms with van der Waals surface area (Å²) in [5.41, 5.74) is 0.545. The van der Waals surface area contributed by atoms with Crippen LogP contribution in [0.1, 0.15) is 50.7 Å². The molecule has 2 unspecified atom stereocenters. The van der Waals surface area contributed by atoms with E-state index >= 15 is 0 Å². The van der Waals surface area contributed by atoms with Crippen LogP contribution in [0.15, 0.2) is 30.3 Å². The first-order valence-corrected chi connectivity index (χ1v) is 10.1. The average molecular weight is 408 g/mol. The van der Waals surface area contributed by atoms with Gasteiger partial charge in [0.05, 0.1) is 25.9 Å². The first-order chi connectivity index (χ1) is 14.0. The van der Waals surface area contributed by atoms with Gasteiger partial charge >= 0.3 is 0 Å². The molecule has 1 saturated heterocycles. The largest absolute Gasteiger partial charge is 0.494 e. The van der Waals surface area contributed by atoms with Gasteiger partial charge in [0.15, 0.2) is 11.6 Å². The van der Waals surface area contributed by atoms with E-state index in [4.69, 9.17) is 14.2 Å². The Hall–Kier alpha value is -2.05. The number of hydrogen-bond donors (Lipinski definition) is 0. The summed E-state index contributed by atoms with van der Waals surface area (Å²) in [7, 11) is 1.25. The van der Waals surface area contributed by atoms with Crippen molar-refractivity contribution >= 4 is 0 Å². The van der Waals surface area contributed by atoms with Crippen LogP contribution in [0.3, 0.4) is 0 Å². The molecule has 0 N–H and O–H groups in total. The summed E-state index contributed by atoms with van der Waals surface area (Å²) >= 11 is 0. The van der Waals surface area contributed by atoms with E-state index in [9.17, 15) is 13.2 Å². The molecule has 0 aromatic heterocycles. The third kappa shape index (κ3) is 5.11. The fraction of sp³-hybridized carbons (Fsp3) is 0.478. The van der Waals surface area contributed by atoms with Crippen molar-refractivity contribution in [2.75, 3.05) is 20.3 Å². The number of ether oxygens (including phenoxy) is 3. The second-order valence-electron chi connectivity index (χ2n) is 7.28. The van der Waals surface area contributed by atoms with Crippen molar-refractivity contribution in [3.05, 3.63) is 53.3 Å². The molecular formula is C23H27F3O3. The van der Waals surface area contributed by atoms with Crippen molar-refractivity contribution < 1.29 is 27.4 Å². The maximum Gasteiger partial charge on any atom is 0.201 e. The maximum absolute atomic E-state index is 14.7. The van der Waals surface area contributed by atoms with E-state index in [0.29, 0.717) is 12.2 Å². The third-order valence-corrected chi connectivity index (χ3v) is 5.26. The molecule has 0 radical (unpaired) electrons. The van der Waals surface area contributed by atoms with Gasteiger partial charge in [-0.15, -0.1) is 0 Å². The van der Waals surface area contributed by atoms with Crippen molar-refractivity contribution in [3.63, 3.8) is 0 Å². The summed E-state index contributed by atoms with van der Waals surface area (Å²) in [5, 5.41) is 0. The van der Waals surface area contributed by atoms with E-state index in [0.717, 1.165) is 38.7 Å². The Kier molecular flexibility index (Phi) is 7.56. The van der Waals surface area contributed by atoms with Crippen molar-refractivity contribution in [2.45, 2.75) is 51.2 Å². The highest BCUT2D eigenvalue weighted by atomic mass is 19.2. The minimum atomic E-state index is -1.13. The van der Waals surface area contributed by atoms with Crippen LogP contribution < -0.4 is 4.74 Å². The monoisotopic (exact) mass is 408 g/mol. The molecule has 3 rings (SSSR count). The summed E-state index contributed by atoms with van der Waals surface area (Å²) in [5.74, 6) is -3.10. The lowest BCUT2D eigenvalue weighted by molar-refractivity contribution is -0.0873. The second kappa shape index (κ2) is 10.1. The molecule has 0 spiro atoms. The molecule has 2 aromatic carbocycles. The Morgan fingerprint density at radius 3 is 2.45 bits per heavy atom. The van der Waals surface area contributed by atoms with Gasteiger partial charge in [0.2, 0.25) is 5.82 Å². The highest BCUT2D eigenvalue weighted by Crippen LogP contribution is 2.35. The number of methoxy groups -OCH3 is 1. The SMILES string of the molecule is CCCCCOC1CCC(c2ccc(-c3ccc(OC)c(F)c3F)c(F)c2)OC1. The normalized spacial score (nSPS) is 19.3. The summed E-state index contributed by atoms with van der Waals surface area (Å²) in [6.45, 7) is 3.36. The van der Waals surface area contributed by atoms with E-state index in [1.165, 1.54) is 31.4 Å². The molecule has 1 fully saturated rings. The lowest BCUT2D eigenvalue weighted by Gasteiger charge is -2.29. The Balaban J connectivity index is 1.66. The van der Waals surface area contributed by atoms with Crippen LogP contribution in [-0.2, 0) is 9.47 Å². The Bertz CT molecular complexity index is 817. The molecule has 29 heavy (non-hydrogen) atoms. The fourth-order valence-electron chi connectivity index (χ4n) is 3.57. The summed E-state index contributed by atoms with van der Waals surface area (Å²) in [4.78, 5) is 0. The van der Waals surface area contributed by atoms with Gasteiger partial charge in [0, 0.05) is 17.7 Å². The topological polar surface area (TPSA) is 27.7 Å². The molecule has 0 aliphatic carbocycles. The molecule has 2 aromatic rings. The van der Waals surface area contributed by atoms with Gasteiger partial charge in [-0.2, -0.15) is 4.39 Å². The quantitative estimate of drug-likeness (QED) is 0.486. The van der Waals surface area contributed by atoms with Crippen LogP contribution in [0.4, 0.5) is 13.2 Å². The second-order valence-corrected chi connectivity index (χ2v) is 7.28. The first kappa shape index (κ1) is 21.7. The molecule has 1 aliphatic rings. The van der Waals surface area contributed by atoms with Gasteiger partial charge in [-0.3, -0.25) is 0 Å². The van der Waals surface area contributed by atoms with Crippen LogP contribution in [0.2, 0.25) is 0 Å². The van der Waals surface area contributed by atoms with Crippen LogP contribution >= 0.6 is 0 Å². The van der Waals surface area contributed by atoms with E-state index in [1.807, 2.05) is 0 Å². The predicted molar refractivity (Wildman–Crippen MR) is 105 cm³/mol. The van der Waals surface area contributed by atoms with Crippen LogP contribution in [0.25, 0.3) is 11.1 Å². The summed E-state index contributed by atoms with van der Waals surface area (Å²) in [6.07, 6.45) is 4.77. The van der Waals surface area contributed by atoms with E-state index in [2.05, 4.69) is 6.92 Å². The van der Waals surface area contributed by atoms with Gasteiger partial charge in [-0.25, -0.2) is 8.78 Å². The third-order valence-electron chi connectivity index (χ3n) is 5.26. The number of halogens is 3. The molecule has 1 aliphatic heterocycles. The maximum atomic E-state index is 14.7. The van der Waals surface area contributed by atoms with Crippen LogP contribution in [-0.4, -0.2) is 26.4 Å². The van der Waals surface area contributed by atoms with Gasteiger partial charge in [-0.05, 0) is 43.0 Å². The molecule has 0 saturated carbocycles. The number of hydrogen-bond acceptors (Lipinski definition) is 3. The van der Waals surface area contributed by atoms with Crippen molar-refractivity contribution in [3.8, 4) is 16.9 Å². The minimum absolute atomic E-state index is 0.000691. The highest BCUT2D eigenvalue weighted by molar-refractivity contribution is 5.66. The lowest BCUT2D eigenvalue weighted by Crippen LogP contribution is -2.28. The van der Waals surface area contributed by atoms with Gasteiger partial charge in [0.25, 0.3) is 0 Å². The zero-order chi connectivity index (χ0) is 20.8. The minimum Gasteiger partial charge on any atom is -0.494 e. The molecule has 1 heterocycles. The zero-order valence-corrected chi connectivity index (χ0v) is 16.8. The van der Waals surface area contributed by atoms with Crippen molar-refractivity contribution in [1.82, 2.24) is 0 Å². The smallest absolute Gasteiger partial charge is 0.201 e. The van der Waals surface area contributed by atoms with Crippen LogP contribution in [0, 0.1) is 17.5 Å². The molecular weight excluding hydrogens is 381 g/mol. The van der Waals surface area contributed by atoms with E-state index < -0.39 is 17.5 Å².